The first-order valence-electron chi connectivity index (χ1n) is 8.45. The van der Waals surface area contributed by atoms with E-state index in [0.29, 0.717) is 22.5 Å². The zero-order valence-corrected chi connectivity index (χ0v) is 14.7. The highest BCUT2D eigenvalue weighted by Gasteiger charge is 2.40. The predicted molar refractivity (Wildman–Crippen MR) is 100 cm³/mol. The number of amides is 2. The monoisotopic (exact) mass is 345 g/mol. The molecule has 0 aliphatic carbocycles. The van der Waals surface area contributed by atoms with Gasteiger partial charge in [-0.25, -0.2) is 0 Å². The van der Waals surface area contributed by atoms with E-state index in [4.69, 9.17) is 0 Å². The molecule has 0 saturated carbocycles. The van der Waals surface area contributed by atoms with Gasteiger partial charge in [-0.1, -0.05) is 54.6 Å². The van der Waals surface area contributed by atoms with Crippen LogP contribution in [0, 0.1) is 0 Å². The van der Waals surface area contributed by atoms with Crippen LogP contribution in [0.3, 0.4) is 0 Å². The second-order valence-corrected chi connectivity index (χ2v) is 6.71. The third-order valence-electron chi connectivity index (χ3n) is 4.49. The van der Waals surface area contributed by atoms with Crippen molar-refractivity contribution in [3.8, 4) is 0 Å². The fraction of sp³-hybridized carbons (Fsp3) is 0.143. The lowest BCUT2D eigenvalue weighted by molar-refractivity contribution is -0.117. The molecule has 2 aromatic carbocycles. The van der Waals surface area contributed by atoms with E-state index in [2.05, 4.69) is 15.5 Å². The molecular formula is C21H19N3O2. The van der Waals surface area contributed by atoms with Crippen molar-refractivity contribution >= 4 is 23.2 Å². The Bertz CT molecular complexity index is 955. The lowest BCUT2D eigenvalue weighted by atomic mass is 10.0. The van der Waals surface area contributed by atoms with Crippen molar-refractivity contribution in [1.82, 2.24) is 15.5 Å². The number of benzene rings is 2. The second-order valence-electron chi connectivity index (χ2n) is 6.71. The van der Waals surface area contributed by atoms with Gasteiger partial charge in [-0.3, -0.25) is 9.59 Å². The van der Waals surface area contributed by atoms with Crippen LogP contribution in [0.2, 0.25) is 0 Å². The second kappa shape index (κ2) is 6.28. The smallest absolute Gasteiger partial charge is 0.258 e. The largest absolute Gasteiger partial charge is 0.321 e. The molecule has 0 bridgehead atoms. The molecule has 5 heteroatoms. The van der Waals surface area contributed by atoms with Gasteiger partial charge in [-0.05, 0) is 30.8 Å². The Morgan fingerprint density at radius 1 is 0.731 bits per heavy atom. The van der Waals surface area contributed by atoms with E-state index in [1.165, 1.54) is 5.56 Å². The van der Waals surface area contributed by atoms with Crippen LogP contribution in [0.4, 0.5) is 0 Å². The molecule has 4 rings (SSSR count). The van der Waals surface area contributed by atoms with Gasteiger partial charge in [-0.15, -0.1) is 0 Å². The van der Waals surface area contributed by atoms with E-state index in [9.17, 15) is 9.59 Å². The number of hydrogen-bond donors (Lipinski definition) is 2. The molecule has 2 N–H and O–H groups in total. The lowest BCUT2D eigenvalue weighted by Gasteiger charge is -2.11. The predicted octanol–water partition coefficient (Wildman–Crippen LogP) is 2.13. The van der Waals surface area contributed by atoms with E-state index >= 15 is 0 Å². The summed E-state index contributed by atoms with van der Waals surface area (Å²) in [7, 11) is 4.03. The molecule has 0 spiro atoms. The summed E-state index contributed by atoms with van der Waals surface area (Å²) >= 11 is 0. The summed E-state index contributed by atoms with van der Waals surface area (Å²) < 4.78 is 0. The molecule has 130 valence electrons. The highest BCUT2D eigenvalue weighted by Crippen LogP contribution is 2.37. The minimum Gasteiger partial charge on any atom is -0.321 e. The Kier molecular flexibility index (Phi) is 3.93. The summed E-state index contributed by atoms with van der Waals surface area (Å²) in [5.41, 5.74) is 4.82. The number of rotatable bonds is 4. The molecule has 0 saturated heterocycles. The van der Waals surface area contributed by atoms with Crippen molar-refractivity contribution in [3.63, 3.8) is 0 Å². The fourth-order valence-corrected chi connectivity index (χ4v) is 3.36. The maximum Gasteiger partial charge on any atom is 0.258 e. The molecule has 2 heterocycles. The van der Waals surface area contributed by atoms with Gasteiger partial charge in [0.2, 0.25) is 0 Å². The van der Waals surface area contributed by atoms with Gasteiger partial charge in [0.05, 0.1) is 22.5 Å². The third kappa shape index (κ3) is 2.72. The molecule has 26 heavy (non-hydrogen) atoms. The molecular weight excluding hydrogens is 326 g/mol. The van der Waals surface area contributed by atoms with E-state index in [-0.39, 0.29) is 11.8 Å². The van der Waals surface area contributed by atoms with Crippen LogP contribution in [-0.2, 0) is 16.1 Å². The highest BCUT2D eigenvalue weighted by atomic mass is 16.2. The number of carbonyl (C=O) groups excluding carboxylic acids is 2. The van der Waals surface area contributed by atoms with Crippen molar-refractivity contribution in [3.05, 3.63) is 82.4 Å². The van der Waals surface area contributed by atoms with E-state index in [1.54, 1.807) is 0 Å². The van der Waals surface area contributed by atoms with Crippen molar-refractivity contribution < 1.29 is 9.59 Å². The Balaban J connectivity index is 1.77. The number of carbonyl (C=O) groups is 2. The molecule has 0 unspecified atom stereocenters. The first kappa shape index (κ1) is 16.3. The molecule has 2 aliphatic rings. The summed E-state index contributed by atoms with van der Waals surface area (Å²) in [5, 5.41) is 5.73. The first-order valence-corrected chi connectivity index (χ1v) is 8.45. The minimum absolute atomic E-state index is 0.246. The third-order valence-corrected chi connectivity index (χ3v) is 4.49. The number of nitrogens with zero attached hydrogens (tertiary/aromatic N) is 1. The van der Waals surface area contributed by atoms with E-state index in [0.717, 1.165) is 17.7 Å². The van der Waals surface area contributed by atoms with Gasteiger partial charge in [0.15, 0.2) is 0 Å². The summed E-state index contributed by atoms with van der Waals surface area (Å²) in [4.78, 5) is 27.2. The summed E-state index contributed by atoms with van der Waals surface area (Å²) in [6, 6.07) is 17.3. The summed E-state index contributed by atoms with van der Waals surface area (Å²) in [6.45, 7) is 0.836. The number of hydrogen-bond acceptors (Lipinski definition) is 3. The molecule has 0 fully saturated rings. The van der Waals surface area contributed by atoms with Crippen LogP contribution < -0.4 is 10.6 Å². The Labute approximate surface area is 152 Å². The molecule has 2 aliphatic heterocycles. The van der Waals surface area contributed by atoms with E-state index in [1.807, 2.05) is 68.7 Å². The van der Waals surface area contributed by atoms with Gasteiger partial charge in [0.1, 0.15) is 0 Å². The minimum atomic E-state index is -0.246. The average Bonchev–Trinajstić information content (AvgIpc) is 3.15. The fourth-order valence-electron chi connectivity index (χ4n) is 3.36. The van der Waals surface area contributed by atoms with Crippen molar-refractivity contribution in [2.45, 2.75) is 6.54 Å². The van der Waals surface area contributed by atoms with Gasteiger partial charge in [0, 0.05) is 6.54 Å². The Morgan fingerprint density at radius 2 is 1.23 bits per heavy atom. The quantitative estimate of drug-likeness (QED) is 0.892. The van der Waals surface area contributed by atoms with Gasteiger partial charge in [-0.2, -0.15) is 0 Å². The number of nitrogens with one attached hydrogen (secondary N) is 2. The average molecular weight is 345 g/mol. The van der Waals surface area contributed by atoms with Crippen LogP contribution in [0.15, 0.2) is 65.7 Å². The standard InChI is InChI=1S/C21H19N3O2/c1-24(2)12-13-8-10-15(11-9-13)19-17-16(20(25)23-19)18(22-21(17)26)14-6-4-3-5-7-14/h3-11H,12H2,1-2H3,(H,22,26)(H,23,25). The summed E-state index contributed by atoms with van der Waals surface area (Å²) in [6.07, 6.45) is 0. The molecule has 0 radical (unpaired) electrons. The zero-order chi connectivity index (χ0) is 18.3. The van der Waals surface area contributed by atoms with Crippen LogP contribution in [0.25, 0.3) is 11.4 Å². The molecule has 0 aromatic heterocycles. The topological polar surface area (TPSA) is 61.4 Å². The van der Waals surface area contributed by atoms with Crippen molar-refractivity contribution in [1.29, 1.82) is 0 Å². The first-order chi connectivity index (χ1) is 12.5. The highest BCUT2D eigenvalue weighted by molar-refractivity contribution is 6.30. The zero-order valence-electron chi connectivity index (χ0n) is 14.7. The Hall–Kier alpha value is -3.18. The molecule has 2 aromatic rings. The van der Waals surface area contributed by atoms with Crippen LogP contribution in [-0.4, -0.2) is 30.8 Å². The van der Waals surface area contributed by atoms with Crippen molar-refractivity contribution in [2.75, 3.05) is 14.1 Å². The SMILES string of the molecule is CN(C)Cc1ccc(C2=C3C(=O)NC(c4ccccc4)=C3C(=O)N2)cc1. The van der Waals surface area contributed by atoms with Crippen LogP contribution in [0.1, 0.15) is 16.7 Å². The van der Waals surface area contributed by atoms with E-state index < -0.39 is 0 Å². The Morgan fingerprint density at radius 3 is 1.73 bits per heavy atom. The maximum atomic E-state index is 12.6. The molecule has 5 nitrogen and oxygen atoms in total. The van der Waals surface area contributed by atoms with Gasteiger partial charge < -0.3 is 15.5 Å². The lowest BCUT2D eigenvalue weighted by Crippen LogP contribution is -2.21. The maximum absolute atomic E-state index is 12.6. The molecule has 0 atom stereocenters. The van der Waals surface area contributed by atoms with Crippen LogP contribution >= 0.6 is 0 Å². The molecule has 2 amide bonds. The van der Waals surface area contributed by atoms with Crippen molar-refractivity contribution in [2.24, 2.45) is 0 Å². The van der Waals surface area contributed by atoms with Crippen LogP contribution in [0.5, 0.6) is 0 Å². The summed E-state index contributed by atoms with van der Waals surface area (Å²) in [5.74, 6) is -0.492. The normalized spacial score (nSPS) is 16.3. The van der Waals surface area contributed by atoms with Gasteiger partial charge >= 0.3 is 0 Å². The number of fused-ring (bicyclic) bond motifs is 1. The van der Waals surface area contributed by atoms with Gasteiger partial charge in [0.25, 0.3) is 11.8 Å².